The van der Waals surface area contributed by atoms with Crippen LogP contribution in [0.2, 0.25) is 0 Å². The zero-order chi connectivity index (χ0) is 20.4. The lowest BCUT2D eigenvalue weighted by Crippen LogP contribution is -2.67. The molecule has 3 aliphatic rings. The number of nitrogens with one attached hydrogen (secondary N) is 1. The van der Waals surface area contributed by atoms with Crippen molar-refractivity contribution < 1.29 is 18.7 Å². The quantitative estimate of drug-likeness (QED) is 0.788. The second-order valence-corrected chi connectivity index (χ2v) is 8.56. The van der Waals surface area contributed by atoms with Gasteiger partial charge in [0.05, 0.1) is 12.6 Å². The van der Waals surface area contributed by atoms with Gasteiger partial charge in [-0.1, -0.05) is 6.07 Å². The van der Waals surface area contributed by atoms with E-state index < -0.39 is 5.82 Å². The summed E-state index contributed by atoms with van der Waals surface area (Å²) in [4.78, 5) is 29.9. The van der Waals surface area contributed by atoms with Crippen LogP contribution in [0, 0.1) is 17.7 Å². The van der Waals surface area contributed by atoms with Gasteiger partial charge >= 0.3 is 0 Å². The molecule has 3 fully saturated rings. The van der Waals surface area contributed by atoms with E-state index in [-0.39, 0.29) is 23.9 Å². The Morgan fingerprint density at radius 2 is 2.14 bits per heavy atom. The maximum Gasteiger partial charge on any atom is 0.251 e. The molecule has 0 spiro atoms. The topological polar surface area (TPSA) is 61.9 Å². The summed E-state index contributed by atoms with van der Waals surface area (Å²) in [6.07, 6.45) is 3.67. The maximum atomic E-state index is 13.5. The van der Waals surface area contributed by atoms with Crippen molar-refractivity contribution in [3.8, 4) is 0 Å². The number of benzene rings is 1. The first-order valence-corrected chi connectivity index (χ1v) is 10.6. The predicted octanol–water partition coefficient (Wildman–Crippen LogP) is 1.90. The third-order valence-corrected chi connectivity index (χ3v) is 6.74. The number of rotatable bonds is 6. The number of halogens is 1. The number of carbonyl (C=O) groups is 2. The van der Waals surface area contributed by atoms with Crippen LogP contribution in [0.3, 0.4) is 0 Å². The minimum absolute atomic E-state index is 0.00750. The fourth-order valence-corrected chi connectivity index (χ4v) is 5.47. The van der Waals surface area contributed by atoms with Crippen LogP contribution in [0.4, 0.5) is 4.39 Å². The molecule has 4 atom stereocenters. The van der Waals surface area contributed by atoms with Gasteiger partial charge in [-0.3, -0.25) is 9.59 Å². The molecule has 4 rings (SSSR count). The van der Waals surface area contributed by atoms with Gasteiger partial charge in [-0.15, -0.1) is 0 Å². The lowest BCUT2D eigenvalue weighted by molar-refractivity contribution is -0.152. The summed E-state index contributed by atoms with van der Waals surface area (Å²) in [7, 11) is 1.72. The Kier molecular flexibility index (Phi) is 6.15. The van der Waals surface area contributed by atoms with E-state index in [2.05, 4.69) is 15.1 Å². The minimum atomic E-state index is -0.425. The van der Waals surface area contributed by atoms with E-state index in [1.54, 1.807) is 13.2 Å². The molecule has 1 N–H and O–H groups in total. The lowest BCUT2D eigenvalue weighted by Gasteiger charge is -2.56. The maximum absolute atomic E-state index is 13.5. The van der Waals surface area contributed by atoms with Crippen molar-refractivity contribution in [3.63, 3.8) is 0 Å². The zero-order valence-corrected chi connectivity index (χ0v) is 17.0. The SMILES string of the molecule is COCCN1C[C@H]2C[C@@H](C1)[C@H](CNC(=O)c1cccc(F)c1)N1C(=O)CCC[C@@H]21. The average molecular weight is 403 g/mol. The fourth-order valence-electron chi connectivity index (χ4n) is 5.47. The molecule has 2 bridgehead atoms. The van der Waals surface area contributed by atoms with Crippen molar-refractivity contribution in [2.45, 2.75) is 37.8 Å². The monoisotopic (exact) mass is 403 g/mol. The normalized spacial score (nSPS) is 29.4. The van der Waals surface area contributed by atoms with E-state index in [1.165, 1.54) is 18.2 Å². The number of hydrogen-bond donors (Lipinski definition) is 1. The number of hydrogen-bond acceptors (Lipinski definition) is 4. The molecule has 6 nitrogen and oxygen atoms in total. The van der Waals surface area contributed by atoms with Crippen LogP contribution in [0.15, 0.2) is 24.3 Å². The summed E-state index contributed by atoms with van der Waals surface area (Å²) < 4.78 is 18.7. The highest BCUT2D eigenvalue weighted by Gasteiger charge is 2.49. The molecule has 7 heteroatoms. The summed E-state index contributed by atoms with van der Waals surface area (Å²) in [6, 6.07) is 5.96. The Morgan fingerprint density at radius 1 is 1.31 bits per heavy atom. The second-order valence-electron chi connectivity index (χ2n) is 8.56. The molecule has 0 radical (unpaired) electrons. The number of fused-ring (bicyclic) bond motifs is 4. The standard InChI is InChI=1S/C22H30FN3O3/c1-29-9-8-25-13-16-10-17(14-25)20(26-19(16)6-3-7-21(26)27)12-24-22(28)15-4-2-5-18(23)11-15/h2,4-5,11,16-17,19-20H,3,6-10,12-14H2,1H3,(H,24,28)/t16-,17+,19+,20+/m1/s1. The number of likely N-dealkylation sites (tertiary alicyclic amines) is 1. The molecule has 0 aliphatic carbocycles. The van der Waals surface area contributed by atoms with Crippen LogP contribution in [-0.4, -0.2) is 73.6 Å². The Labute approximate surface area is 171 Å². The van der Waals surface area contributed by atoms with Crippen molar-refractivity contribution in [1.82, 2.24) is 15.1 Å². The number of nitrogens with zero attached hydrogens (tertiary/aromatic N) is 2. The third-order valence-electron chi connectivity index (χ3n) is 6.74. The highest BCUT2D eigenvalue weighted by molar-refractivity contribution is 5.94. The van der Waals surface area contributed by atoms with Gasteiger partial charge in [0, 0.05) is 51.3 Å². The Morgan fingerprint density at radius 3 is 2.93 bits per heavy atom. The van der Waals surface area contributed by atoms with Gasteiger partial charge in [0.1, 0.15) is 5.82 Å². The van der Waals surface area contributed by atoms with Gasteiger partial charge < -0.3 is 19.9 Å². The molecule has 2 amide bonds. The summed E-state index contributed by atoms with van der Waals surface area (Å²) in [5, 5.41) is 2.97. The van der Waals surface area contributed by atoms with Crippen LogP contribution in [0.5, 0.6) is 0 Å². The van der Waals surface area contributed by atoms with E-state index >= 15 is 0 Å². The van der Waals surface area contributed by atoms with Gasteiger partial charge in [0.25, 0.3) is 5.91 Å². The molecule has 0 unspecified atom stereocenters. The molecule has 0 aromatic heterocycles. The van der Waals surface area contributed by atoms with Gasteiger partial charge in [-0.2, -0.15) is 0 Å². The fraction of sp³-hybridized carbons (Fsp3) is 0.636. The number of amides is 2. The molecule has 3 aliphatic heterocycles. The van der Waals surface area contributed by atoms with Gasteiger partial charge in [-0.25, -0.2) is 4.39 Å². The van der Waals surface area contributed by atoms with E-state index in [9.17, 15) is 14.0 Å². The third kappa shape index (κ3) is 4.31. The van der Waals surface area contributed by atoms with E-state index in [0.29, 0.717) is 37.0 Å². The average Bonchev–Trinajstić information content (AvgIpc) is 2.72. The summed E-state index contributed by atoms with van der Waals surface area (Å²) >= 11 is 0. The first kappa shape index (κ1) is 20.3. The molecule has 1 aromatic rings. The highest BCUT2D eigenvalue weighted by atomic mass is 19.1. The summed E-state index contributed by atoms with van der Waals surface area (Å²) in [5.74, 6) is 0.318. The van der Waals surface area contributed by atoms with Crippen molar-refractivity contribution in [2.24, 2.45) is 11.8 Å². The van der Waals surface area contributed by atoms with Crippen molar-refractivity contribution in [2.75, 3.05) is 39.9 Å². The molecular weight excluding hydrogens is 373 g/mol. The van der Waals surface area contributed by atoms with Crippen LogP contribution < -0.4 is 5.32 Å². The molecular formula is C22H30FN3O3. The zero-order valence-electron chi connectivity index (χ0n) is 17.0. The molecule has 0 saturated carbocycles. The van der Waals surface area contributed by atoms with Crippen LogP contribution in [0.1, 0.15) is 36.0 Å². The lowest BCUT2D eigenvalue weighted by atomic mass is 9.72. The number of ether oxygens (including phenoxy) is 1. The Hall–Kier alpha value is -1.99. The van der Waals surface area contributed by atoms with Crippen molar-refractivity contribution in [1.29, 1.82) is 0 Å². The van der Waals surface area contributed by atoms with Crippen LogP contribution in [-0.2, 0) is 9.53 Å². The largest absolute Gasteiger partial charge is 0.383 e. The molecule has 3 heterocycles. The first-order valence-electron chi connectivity index (χ1n) is 10.6. The smallest absolute Gasteiger partial charge is 0.251 e. The van der Waals surface area contributed by atoms with Crippen LogP contribution >= 0.6 is 0 Å². The number of piperidine rings is 3. The second kappa shape index (κ2) is 8.79. The Bertz CT molecular complexity index is 759. The van der Waals surface area contributed by atoms with Crippen molar-refractivity contribution in [3.05, 3.63) is 35.6 Å². The summed E-state index contributed by atoms with van der Waals surface area (Å²) in [6.45, 7) is 3.93. The van der Waals surface area contributed by atoms with Gasteiger partial charge in [0.15, 0.2) is 0 Å². The van der Waals surface area contributed by atoms with E-state index in [4.69, 9.17) is 4.74 Å². The summed E-state index contributed by atoms with van der Waals surface area (Å²) in [5.41, 5.74) is 0.311. The van der Waals surface area contributed by atoms with Crippen LogP contribution in [0.25, 0.3) is 0 Å². The molecule has 3 saturated heterocycles. The molecule has 158 valence electrons. The Balaban J connectivity index is 1.49. The van der Waals surface area contributed by atoms with Gasteiger partial charge in [0.2, 0.25) is 5.91 Å². The minimum Gasteiger partial charge on any atom is -0.383 e. The van der Waals surface area contributed by atoms with Gasteiger partial charge in [-0.05, 0) is 49.3 Å². The van der Waals surface area contributed by atoms with E-state index in [1.807, 2.05) is 0 Å². The first-order chi connectivity index (χ1) is 14.1. The van der Waals surface area contributed by atoms with E-state index in [0.717, 1.165) is 38.9 Å². The van der Waals surface area contributed by atoms with Crippen molar-refractivity contribution >= 4 is 11.8 Å². The molecule has 29 heavy (non-hydrogen) atoms. The number of carbonyl (C=O) groups excluding carboxylic acids is 2. The predicted molar refractivity (Wildman–Crippen MR) is 107 cm³/mol. The number of methoxy groups -OCH3 is 1. The highest BCUT2D eigenvalue weighted by Crippen LogP contribution is 2.41. The molecule has 1 aromatic carbocycles.